The molecule has 1 atom stereocenters. The minimum atomic E-state index is 0.0512. The molecule has 0 spiro atoms. The van der Waals surface area contributed by atoms with Crippen molar-refractivity contribution in [2.24, 2.45) is 0 Å². The van der Waals surface area contributed by atoms with Gasteiger partial charge in [-0.1, -0.05) is 50.3 Å². The fraction of sp³-hybridized carbons (Fsp3) is 0.571. The molecule has 1 rings (SSSR count). The molecule has 0 fully saturated rings. The lowest BCUT2D eigenvalue weighted by molar-refractivity contribution is 0.415. The molecule has 0 aromatic heterocycles. The van der Waals surface area contributed by atoms with Gasteiger partial charge in [0.05, 0.1) is 17.5 Å². The standard InChI is InChI=1S/C14H20Cl2O/c1-3-4-5-6-7-12(15)11-8-9-14(17-2)13(16)10-11/h8-10,12H,3-7H2,1-2H3. The van der Waals surface area contributed by atoms with Crippen LogP contribution in [0, 0.1) is 0 Å². The molecular formula is C14H20Cl2O. The summed E-state index contributed by atoms with van der Waals surface area (Å²) in [7, 11) is 1.61. The molecule has 0 saturated carbocycles. The van der Waals surface area contributed by atoms with Gasteiger partial charge in [0.15, 0.2) is 0 Å². The van der Waals surface area contributed by atoms with Crippen molar-refractivity contribution in [2.75, 3.05) is 7.11 Å². The number of ether oxygens (including phenoxy) is 1. The molecular weight excluding hydrogens is 255 g/mol. The van der Waals surface area contributed by atoms with Crippen molar-refractivity contribution in [1.82, 2.24) is 0 Å². The van der Waals surface area contributed by atoms with E-state index < -0.39 is 0 Å². The van der Waals surface area contributed by atoms with Gasteiger partial charge in [-0.05, 0) is 24.1 Å². The zero-order valence-electron chi connectivity index (χ0n) is 10.5. The van der Waals surface area contributed by atoms with Gasteiger partial charge in [0.2, 0.25) is 0 Å². The molecule has 0 aliphatic carbocycles. The summed E-state index contributed by atoms with van der Waals surface area (Å²) in [6, 6.07) is 5.76. The van der Waals surface area contributed by atoms with Gasteiger partial charge in [-0.2, -0.15) is 0 Å². The topological polar surface area (TPSA) is 9.23 Å². The summed E-state index contributed by atoms with van der Waals surface area (Å²) in [5.41, 5.74) is 1.08. The van der Waals surface area contributed by atoms with E-state index in [0.717, 1.165) is 12.0 Å². The van der Waals surface area contributed by atoms with E-state index in [1.807, 2.05) is 18.2 Å². The largest absolute Gasteiger partial charge is 0.495 e. The predicted molar refractivity (Wildman–Crippen MR) is 75.4 cm³/mol. The number of alkyl halides is 1. The highest BCUT2D eigenvalue weighted by Gasteiger charge is 2.10. The molecule has 0 heterocycles. The molecule has 0 aliphatic heterocycles. The van der Waals surface area contributed by atoms with Crippen LogP contribution >= 0.6 is 23.2 Å². The Bertz CT molecular complexity index is 339. The maximum atomic E-state index is 6.35. The van der Waals surface area contributed by atoms with Crippen molar-refractivity contribution in [3.8, 4) is 5.75 Å². The van der Waals surface area contributed by atoms with E-state index in [1.165, 1.54) is 25.7 Å². The van der Waals surface area contributed by atoms with E-state index in [2.05, 4.69) is 6.92 Å². The highest BCUT2D eigenvalue weighted by atomic mass is 35.5. The van der Waals surface area contributed by atoms with Crippen molar-refractivity contribution >= 4 is 23.2 Å². The highest BCUT2D eigenvalue weighted by Crippen LogP contribution is 2.32. The first kappa shape index (κ1) is 14.7. The third-order valence-corrected chi connectivity index (χ3v) is 3.61. The fourth-order valence-electron chi connectivity index (χ4n) is 1.79. The van der Waals surface area contributed by atoms with E-state index in [9.17, 15) is 0 Å². The van der Waals surface area contributed by atoms with E-state index in [0.29, 0.717) is 10.8 Å². The van der Waals surface area contributed by atoms with Gasteiger partial charge >= 0.3 is 0 Å². The lowest BCUT2D eigenvalue weighted by atomic mass is 10.0. The minimum absolute atomic E-state index is 0.0512. The fourth-order valence-corrected chi connectivity index (χ4v) is 2.35. The van der Waals surface area contributed by atoms with Crippen LogP contribution in [-0.2, 0) is 0 Å². The average Bonchev–Trinajstić information content (AvgIpc) is 2.34. The molecule has 0 amide bonds. The Kier molecular flexibility index (Phi) is 6.76. The number of methoxy groups -OCH3 is 1. The monoisotopic (exact) mass is 274 g/mol. The minimum Gasteiger partial charge on any atom is -0.495 e. The smallest absolute Gasteiger partial charge is 0.137 e. The Morgan fingerprint density at radius 2 is 2.00 bits per heavy atom. The van der Waals surface area contributed by atoms with E-state index in [-0.39, 0.29) is 5.38 Å². The van der Waals surface area contributed by atoms with Gasteiger partial charge in [0, 0.05) is 0 Å². The lowest BCUT2D eigenvalue weighted by Crippen LogP contribution is -1.92. The van der Waals surface area contributed by atoms with Crippen LogP contribution in [0.15, 0.2) is 18.2 Å². The van der Waals surface area contributed by atoms with Gasteiger partial charge in [0.25, 0.3) is 0 Å². The molecule has 1 nitrogen and oxygen atoms in total. The van der Waals surface area contributed by atoms with Crippen molar-refractivity contribution < 1.29 is 4.74 Å². The van der Waals surface area contributed by atoms with Crippen LogP contribution in [0.2, 0.25) is 5.02 Å². The predicted octanol–water partition coefficient (Wildman–Crippen LogP) is 5.60. The van der Waals surface area contributed by atoms with Crippen molar-refractivity contribution in [2.45, 2.75) is 44.4 Å². The third-order valence-electron chi connectivity index (χ3n) is 2.85. The summed E-state index contributed by atoms with van der Waals surface area (Å²) >= 11 is 12.4. The quantitative estimate of drug-likeness (QED) is 0.465. The number of rotatable bonds is 7. The Morgan fingerprint density at radius 3 is 2.59 bits per heavy atom. The summed E-state index contributed by atoms with van der Waals surface area (Å²) in [5.74, 6) is 0.699. The molecule has 0 N–H and O–H groups in total. The van der Waals surface area contributed by atoms with Gasteiger partial charge in [0.1, 0.15) is 5.75 Å². The molecule has 0 bridgehead atoms. The number of unbranched alkanes of at least 4 members (excludes halogenated alkanes) is 3. The van der Waals surface area contributed by atoms with Crippen LogP contribution < -0.4 is 4.74 Å². The third kappa shape index (κ3) is 4.77. The zero-order valence-corrected chi connectivity index (χ0v) is 12.0. The van der Waals surface area contributed by atoms with E-state index in [1.54, 1.807) is 7.11 Å². The summed E-state index contributed by atoms with van der Waals surface area (Å²) in [5, 5.41) is 0.680. The van der Waals surface area contributed by atoms with Crippen LogP contribution in [-0.4, -0.2) is 7.11 Å². The Labute approximate surface area is 114 Å². The second-order valence-corrected chi connectivity index (χ2v) is 5.14. The molecule has 1 aromatic carbocycles. The van der Waals surface area contributed by atoms with Crippen molar-refractivity contribution in [3.63, 3.8) is 0 Å². The maximum absolute atomic E-state index is 6.35. The number of benzene rings is 1. The van der Waals surface area contributed by atoms with E-state index >= 15 is 0 Å². The molecule has 0 aliphatic rings. The van der Waals surface area contributed by atoms with Crippen LogP contribution in [0.5, 0.6) is 5.75 Å². The summed E-state index contributed by atoms with van der Waals surface area (Å²) < 4.78 is 5.12. The van der Waals surface area contributed by atoms with Crippen molar-refractivity contribution in [3.05, 3.63) is 28.8 Å². The van der Waals surface area contributed by atoms with Gasteiger partial charge in [-0.25, -0.2) is 0 Å². The first-order valence-electron chi connectivity index (χ1n) is 6.16. The number of hydrogen-bond donors (Lipinski definition) is 0. The lowest BCUT2D eigenvalue weighted by Gasteiger charge is -2.11. The summed E-state index contributed by atoms with van der Waals surface area (Å²) in [4.78, 5) is 0. The Hall–Kier alpha value is -0.400. The highest BCUT2D eigenvalue weighted by molar-refractivity contribution is 6.32. The van der Waals surface area contributed by atoms with Crippen LogP contribution in [0.25, 0.3) is 0 Å². The zero-order chi connectivity index (χ0) is 12.7. The number of hydrogen-bond acceptors (Lipinski definition) is 1. The molecule has 96 valence electrons. The van der Waals surface area contributed by atoms with Gasteiger partial charge < -0.3 is 4.74 Å². The SMILES string of the molecule is CCCCCCC(Cl)c1ccc(OC)c(Cl)c1. The Morgan fingerprint density at radius 1 is 1.24 bits per heavy atom. The average molecular weight is 275 g/mol. The van der Waals surface area contributed by atoms with Crippen molar-refractivity contribution in [1.29, 1.82) is 0 Å². The molecule has 3 heteroatoms. The molecule has 17 heavy (non-hydrogen) atoms. The molecule has 1 unspecified atom stereocenters. The first-order valence-corrected chi connectivity index (χ1v) is 6.98. The summed E-state index contributed by atoms with van der Waals surface area (Å²) in [6.07, 6.45) is 5.97. The molecule has 1 aromatic rings. The second-order valence-electron chi connectivity index (χ2n) is 4.21. The van der Waals surface area contributed by atoms with E-state index in [4.69, 9.17) is 27.9 Å². The first-order chi connectivity index (χ1) is 8.19. The summed E-state index contributed by atoms with van der Waals surface area (Å²) in [6.45, 7) is 2.21. The second kappa shape index (κ2) is 7.84. The van der Waals surface area contributed by atoms with Crippen LogP contribution in [0.1, 0.15) is 50.0 Å². The number of halogens is 2. The van der Waals surface area contributed by atoms with Gasteiger partial charge in [-0.3, -0.25) is 0 Å². The maximum Gasteiger partial charge on any atom is 0.137 e. The van der Waals surface area contributed by atoms with Gasteiger partial charge in [-0.15, -0.1) is 11.6 Å². The Balaban J connectivity index is 2.51. The molecule has 0 saturated heterocycles. The molecule has 0 radical (unpaired) electrons. The normalized spacial score (nSPS) is 12.5. The van der Waals surface area contributed by atoms with Crippen LogP contribution in [0.4, 0.5) is 0 Å². The van der Waals surface area contributed by atoms with Crippen LogP contribution in [0.3, 0.4) is 0 Å².